The van der Waals surface area contributed by atoms with Crippen LogP contribution < -0.4 is 11.1 Å². The monoisotopic (exact) mass is 361 g/mol. The number of hydrogen-bond donors (Lipinski definition) is 2. The number of rotatable bonds is 6. The van der Waals surface area contributed by atoms with Crippen LogP contribution in [0.1, 0.15) is 30.2 Å². The predicted octanol–water partition coefficient (Wildman–Crippen LogP) is 3.50. The lowest BCUT2D eigenvalue weighted by molar-refractivity contribution is -0.116. The summed E-state index contributed by atoms with van der Waals surface area (Å²) in [5.41, 5.74) is 5.98. The zero-order valence-corrected chi connectivity index (χ0v) is 14.1. The van der Waals surface area contributed by atoms with E-state index in [1.165, 1.54) is 23.5 Å². The third kappa shape index (κ3) is 6.21. The summed E-state index contributed by atoms with van der Waals surface area (Å²) in [7, 11) is 0. The van der Waals surface area contributed by atoms with Gasteiger partial charge in [-0.3, -0.25) is 4.79 Å². The van der Waals surface area contributed by atoms with E-state index in [-0.39, 0.29) is 24.4 Å². The van der Waals surface area contributed by atoms with Gasteiger partial charge >= 0.3 is 0 Å². The highest BCUT2D eigenvalue weighted by Gasteiger charge is 2.10. The van der Waals surface area contributed by atoms with Crippen LogP contribution in [0.3, 0.4) is 0 Å². The Kier molecular flexibility index (Phi) is 7.54. The van der Waals surface area contributed by atoms with E-state index in [1.54, 1.807) is 6.20 Å². The third-order valence-corrected chi connectivity index (χ3v) is 3.92. The van der Waals surface area contributed by atoms with Gasteiger partial charge in [-0.2, -0.15) is 0 Å². The summed E-state index contributed by atoms with van der Waals surface area (Å²) in [5.74, 6) is -1.34. The Labute approximate surface area is 143 Å². The van der Waals surface area contributed by atoms with Crippen molar-refractivity contribution >= 4 is 34.8 Å². The molecule has 0 aliphatic carbocycles. The van der Waals surface area contributed by atoms with Gasteiger partial charge < -0.3 is 11.1 Å². The molecule has 4 nitrogen and oxygen atoms in total. The van der Waals surface area contributed by atoms with Gasteiger partial charge in [0.05, 0.1) is 0 Å². The van der Waals surface area contributed by atoms with Crippen LogP contribution >= 0.6 is 23.7 Å². The van der Waals surface area contributed by atoms with Gasteiger partial charge in [-0.1, -0.05) is 6.07 Å². The van der Waals surface area contributed by atoms with E-state index in [2.05, 4.69) is 10.3 Å². The van der Waals surface area contributed by atoms with Crippen molar-refractivity contribution in [2.75, 3.05) is 5.32 Å². The Balaban J connectivity index is 0.00000264. The Hall–Kier alpha value is -1.57. The van der Waals surface area contributed by atoms with Crippen LogP contribution in [0.4, 0.5) is 13.9 Å². The first kappa shape index (κ1) is 19.5. The zero-order chi connectivity index (χ0) is 16.1. The van der Waals surface area contributed by atoms with E-state index < -0.39 is 11.6 Å². The maximum atomic E-state index is 13.6. The van der Waals surface area contributed by atoms with E-state index in [4.69, 9.17) is 5.73 Å². The Morgan fingerprint density at radius 2 is 2.17 bits per heavy atom. The second-order valence-electron chi connectivity index (χ2n) is 5.11. The first-order valence-corrected chi connectivity index (χ1v) is 7.69. The summed E-state index contributed by atoms with van der Waals surface area (Å²) in [6.45, 7) is 1.84. The standard InChI is InChI=1S/C15H17F2N3OS.ClH/c1-9(18)2-5-14(21)20-15-19-8-12(22-15)6-10-3-4-11(16)7-13(10)17;/h3-4,7-9H,2,5-6,18H2,1H3,(H,19,20,21);1H. The first-order chi connectivity index (χ1) is 10.4. The summed E-state index contributed by atoms with van der Waals surface area (Å²) in [6, 6.07) is 3.45. The van der Waals surface area contributed by atoms with Crippen molar-refractivity contribution in [2.24, 2.45) is 5.73 Å². The van der Waals surface area contributed by atoms with Crippen molar-refractivity contribution in [3.05, 3.63) is 46.5 Å². The third-order valence-electron chi connectivity index (χ3n) is 3.01. The fraction of sp³-hybridized carbons (Fsp3) is 0.333. The van der Waals surface area contributed by atoms with Crippen LogP contribution in [0, 0.1) is 11.6 Å². The molecular formula is C15H18ClF2N3OS. The molecule has 8 heteroatoms. The number of nitrogens with one attached hydrogen (secondary N) is 1. The summed E-state index contributed by atoms with van der Waals surface area (Å²) >= 11 is 1.27. The van der Waals surface area contributed by atoms with E-state index in [0.717, 1.165) is 10.9 Å². The van der Waals surface area contributed by atoms with Crippen LogP contribution in [-0.2, 0) is 11.2 Å². The van der Waals surface area contributed by atoms with E-state index >= 15 is 0 Å². The second kappa shape index (κ2) is 8.90. The minimum Gasteiger partial charge on any atom is -0.328 e. The molecule has 2 aromatic rings. The molecule has 2 rings (SSSR count). The second-order valence-corrected chi connectivity index (χ2v) is 6.22. The van der Waals surface area contributed by atoms with E-state index in [1.807, 2.05) is 6.92 Å². The average Bonchev–Trinajstić information content (AvgIpc) is 2.87. The normalized spacial score (nSPS) is 11.7. The lowest BCUT2D eigenvalue weighted by Crippen LogP contribution is -2.19. The molecule has 0 spiro atoms. The van der Waals surface area contributed by atoms with Crippen molar-refractivity contribution < 1.29 is 13.6 Å². The van der Waals surface area contributed by atoms with Gasteiger partial charge in [0.1, 0.15) is 11.6 Å². The molecular weight excluding hydrogens is 344 g/mol. The number of benzene rings is 1. The molecule has 1 aromatic carbocycles. The minimum atomic E-state index is -0.604. The molecule has 0 fully saturated rings. The largest absolute Gasteiger partial charge is 0.328 e. The molecule has 0 saturated carbocycles. The first-order valence-electron chi connectivity index (χ1n) is 6.88. The van der Waals surface area contributed by atoms with Gasteiger partial charge in [-0.05, 0) is 25.0 Å². The van der Waals surface area contributed by atoms with Gasteiger partial charge in [0.25, 0.3) is 0 Å². The number of nitrogens with two attached hydrogens (primary N) is 1. The van der Waals surface area contributed by atoms with Gasteiger partial charge in [0, 0.05) is 36.0 Å². The molecule has 0 aliphatic rings. The lowest BCUT2D eigenvalue weighted by atomic mass is 10.1. The SMILES string of the molecule is CC(N)CCC(=O)Nc1ncc(Cc2ccc(F)cc2F)s1.Cl. The number of carbonyl (C=O) groups is 1. The number of anilines is 1. The summed E-state index contributed by atoms with van der Waals surface area (Å²) in [5, 5.41) is 3.15. The molecule has 1 unspecified atom stereocenters. The summed E-state index contributed by atoms with van der Waals surface area (Å²) in [6.07, 6.45) is 2.82. The number of thiazole rings is 1. The fourth-order valence-electron chi connectivity index (χ4n) is 1.84. The maximum Gasteiger partial charge on any atom is 0.226 e. The van der Waals surface area contributed by atoms with Crippen molar-refractivity contribution in [1.82, 2.24) is 4.98 Å². The average molecular weight is 362 g/mol. The number of halogens is 3. The number of carbonyl (C=O) groups excluding carboxylic acids is 1. The molecule has 0 bridgehead atoms. The molecule has 3 N–H and O–H groups in total. The van der Waals surface area contributed by atoms with Crippen molar-refractivity contribution in [1.29, 1.82) is 0 Å². The van der Waals surface area contributed by atoms with Crippen LogP contribution in [0.5, 0.6) is 0 Å². The maximum absolute atomic E-state index is 13.6. The van der Waals surface area contributed by atoms with Gasteiger partial charge in [-0.25, -0.2) is 13.8 Å². The van der Waals surface area contributed by atoms with Gasteiger partial charge in [0.2, 0.25) is 5.91 Å². The molecule has 0 aliphatic heterocycles. The smallest absolute Gasteiger partial charge is 0.226 e. The molecule has 126 valence electrons. The molecule has 1 heterocycles. The number of nitrogens with zero attached hydrogens (tertiary/aromatic N) is 1. The van der Waals surface area contributed by atoms with Crippen LogP contribution in [-0.4, -0.2) is 16.9 Å². The number of aromatic nitrogens is 1. The van der Waals surface area contributed by atoms with Crippen LogP contribution in [0.2, 0.25) is 0 Å². The van der Waals surface area contributed by atoms with Crippen LogP contribution in [0.25, 0.3) is 0 Å². The Bertz CT molecular complexity index is 664. The summed E-state index contributed by atoms with van der Waals surface area (Å²) in [4.78, 5) is 16.5. The quantitative estimate of drug-likeness (QED) is 0.827. The number of hydrogen-bond acceptors (Lipinski definition) is 4. The molecule has 0 radical (unpaired) electrons. The minimum absolute atomic E-state index is 0. The zero-order valence-electron chi connectivity index (χ0n) is 12.5. The molecule has 1 atom stereocenters. The Morgan fingerprint density at radius 3 is 2.83 bits per heavy atom. The highest BCUT2D eigenvalue weighted by atomic mass is 35.5. The summed E-state index contributed by atoms with van der Waals surface area (Å²) < 4.78 is 26.4. The van der Waals surface area contributed by atoms with Gasteiger partial charge in [-0.15, -0.1) is 23.7 Å². The van der Waals surface area contributed by atoms with E-state index in [0.29, 0.717) is 30.0 Å². The molecule has 23 heavy (non-hydrogen) atoms. The van der Waals surface area contributed by atoms with E-state index in [9.17, 15) is 13.6 Å². The van der Waals surface area contributed by atoms with Crippen molar-refractivity contribution in [3.8, 4) is 0 Å². The van der Waals surface area contributed by atoms with Gasteiger partial charge in [0.15, 0.2) is 5.13 Å². The predicted molar refractivity (Wildman–Crippen MR) is 90.0 cm³/mol. The fourth-order valence-corrected chi connectivity index (χ4v) is 2.69. The molecule has 1 amide bonds. The van der Waals surface area contributed by atoms with Crippen LogP contribution in [0.15, 0.2) is 24.4 Å². The molecule has 1 aromatic heterocycles. The topological polar surface area (TPSA) is 68.0 Å². The van der Waals surface area contributed by atoms with Crippen molar-refractivity contribution in [2.45, 2.75) is 32.2 Å². The molecule has 0 saturated heterocycles. The lowest BCUT2D eigenvalue weighted by Gasteiger charge is -2.04. The van der Waals surface area contributed by atoms with Crippen molar-refractivity contribution in [3.63, 3.8) is 0 Å². The highest BCUT2D eigenvalue weighted by molar-refractivity contribution is 7.15. The Morgan fingerprint density at radius 1 is 1.43 bits per heavy atom. The highest BCUT2D eigenvalue weighted by Crippen LogP contribution is 2.23. The number of amides is 1.